The molecule has 1 aliphatic carbocycles. The average Bonchev–Trinajstić information content (AvgIpc) is 2.64. The summed E-state index contributed by atoms with van der Waals surface area (Å²) in [4.78, 5) is 2.66. The van der Waals surface area contributed by atoms with Crippen molar-refractivity contribution in [2.45, 2.75) is 64.5 Å². The third kappa shape index (κ3) is 3.21. The monoisotopic (exact) mass is 224 g/mol. The highest BCUT2D eigenvalue weighted by Gasteiger charge is 2.30. The quantitative estimate of drug-likeness (QED) is 0.798. The van der Waals surface area contributed by atoms with Gasteiger partial charge in [0.25, 0.3) is 0 Å². The van der Waals surface area contributed by atoms with Crippen molar-refractivity contribution in [2.75, 3.05) is 13.1 Å². The van der Waals surface area contributed by atoms with Gasteiger partial charge in [0.05, 0.1) is 0 Å². The minimum atomic E-state index is 0.450. The second-order valence-corrected chi connectivity index (χ2v) is 6.36. The van der Waals surface area contributed by atoms with Crippen molar-refractivity contribution >= 4 is 0 Å². The molecule has 94 valence electrons. The normalized spacial score (nSPS) is 37.1. The first-order valence-corrected chi connectivity index (χ1v) is 7.14. The zero-order valence-electron chi connectivity index (χ0n) is 11.0. The number of nitrogens with zero attached hydrogens (tertiary/aromatic N) is 1. The van der Waals surface area contributed by atoms with Crippen LogP contribution < -0.4 is 5.73 Å². The maximum absolute atomic E-state index is 6.01. The van der Waals surface area contributed by atoms with Crippen LogP contribution in [0.4, 0.5) is 0 Å². The summed E-state index contributed by atoms with van der Waals surface area (Å²) < 4.78 is 0. The van der Waals surface area contributed by atoms with Gasteiger partial charge in [0.2, 0.25) is 0 Å². The van der Waals surface area contributed by atoms with Crippen LogP contribution in [0.25, 0.3) is 0 Å². The minimum absolute atomic E-state index is 0.450. The second-order valence-electron chi connectivity index (χ2n) is 6.36. The SMILES string of the molecule is CC(C)CC1CCCC(N2CCC(N)C2)C1. The first kappa shape index (κ1) is 12.4. The molecule has 3 atom stereocenters. The molecule has 2 nitrogen and oxygen atoms in total. The van der Waals surface area contributed by atoms with E-state index in [1.54, 1.807) is 0 Å². The van der Waals surface area contributed by atoms with Gasteiger partial charge in [-0.05, 0) is 37.5 Å². The lowest BCUT2D eigenvalue weighted by molar-refractivity contribution is 0.145. The topological polar surface area (TPSA) is 29.3 Å². The van der Waals surface area contributed by atoms with Crippen LogP contribution in [-0.4, -0.2) is 30.1 Å². The molecule has 0 aromatic carbocycles. The van der Waals surface area contributed by atoms with Crippen molar-refractivity contribution in [3.63, 3.8) is 0 Å². The molecule has 0 amide bonds. The van der Waals surface area contributed by atoms with Crippen LogP contribution in [0.3, 0.4) is 0 Å². The summed E-state index contributed by atoms with van der Waals surface area (Å²) >= 11 is 0. The minimum Gasteiger partial charge on any atom is -0.326 e. The molecule has 0 bridgehead atoms. The van der Waals surface area contributed by atoms with Crippen molar-refractivity contribution in [1.82, 2.24) is 4.90 Å². The molecule has 3 unspecified atom stereocenters. The molecule has 16 heavy (non-hydrogen) atoms. The predicted molar refractivity (Wildman–Crippen MR) is 69.4 cm³/mol. The molecule has 1 saturated carbocycles. The van der Waals surface area contributed by atoms with Crippen LogP contribution in [0.1, 0.15) is 52.4 Å². The molecular weight excluding hydrogens is 196 g/mol. The van der Waals surface area contributed by atoms with E-state index in [4.69, 9.17) is 5.73 Å². The zero-order valence-corrected chi connectivity index (χ0v) is 11.0. The summed E-state index contributed by atoms with van der Waals surface area (Å²) in [5.41, 5.74) is 6.01. The van der Waals surface area contributed by atoms with Crippen molar-refractivity contribution in [1.29, 1.82) is 0 Å². The first-order chi connectivity index (χ1) is 7.65. The standard InChI is InChI=1S/C14H28N2/c1-11(2)8-12-4-3-5-14(9-12)16-7-6-13(15)10-16/h11-14H,3-10,15H2,1-2H3. The third-order valence-electron chi connectivity index (χ3n) is 4.33. The van der Waals surface area contributed by atoms with E-state index in [0.717, 1.165) is 24.4 Å². The Morgan fingerprint density at radius 3 is 2.69 bits per heavy atom. The largest absolute Gasteiger partial charge is 0.326 e. The van der Waals surface area contributed by atoms with Crippen molar-refractivity contribution in [2.24, 2.45) is 17.6 Å². The lowest BCUT2D eigenvalue weighted by Crippen LogP contribution is -2.39. The summed E-state index contributed by atoms with van der Waals surface area (Å²) in [5, 5.41) is 0. The molecule has 0 spiro atoms. The van der Waals surface area contributed by atoms with Crippen molar-refractivity contribution in [3.8, 4) is 0 Å². The molecule has 2 heteroatoms. The number of rotatable bonds is 3. The highest BCUT2D eigenvalue weighted by atomic mass is 15.2. The molecule has 2 rings (SSSR count). The fraction of sp³-hybridized carbons (Fsp3) is 1.00. The van der Waals surface area contributed by atoms with Crippen LogP contribution in [0.2, 0.25) is 0 Å². The Morgan fingerprint density at radius 2 is 2.06 bits per heavy atom. The highest BCUT2D eigenvalue weighted by molar-refractivity contribution is 4.87. The predicted octanol–water partition coefficient (Wildman–Crippen LogP) is 2.62. The van der Waals surface area contributed by atoms with Crippen LogP contribution >= 0.6 is 0 Å². The number of hydrogen-bond acceptors (Lipinski definition) is 2. The Hall–Kier alpha value is -0.0800. The molecular formula is C14H28N2. The zero-order chi connectivity index (χ0) is 11.5. The molecule has 2 N–H and O–H groups in total. The molecule has 2 fully saturated rings. The molecule has 1 heterocycles. The van der Waals surface area contributed by atoms with Gasteiger partial charge in [-0.2, -0.15) is 0 Å². The lowest BCUT2D eigenvalue weighted by Gasteiger charge is -2.36. The third-order valence-corrected chi connectivity index (χ3v) is 4.33. The Balaban J connectivity index is 1.82. The van der Waals surface area contributed by atoms with Gasteiger partial charge >= 0.3 is 0 Å². The Labute approximate surface area is 101 Å². The molecule has 1 saturated heterocycles. The van der Waals surface area contributed by atoms with Gasteiger partial charge in [0, 0.05) is 25.2 Å². The molecule has 0 radical (unpaired) electrons. The van der Waals surface area contributed by atoms with Crippen molar-refractivity contribution in [3.05, 3.63) is 0 Å². The van der Waals surface area contributed by atoms with E-state index < -0.39 is 0 Å². The van der Waals surface area contributed by atoms with E-state index in [-0.39, 0.29) is 0 Å². The fourth-order valence-corrected chi connectivity index (χ4v) is 3.62. The first-order valence-electron chi connectivity index (χ1n) is 7.14. The lowest BCUT2D eigenvalue weighted by atomic mass is 9.80. The molecule has 2 aliphatic rings. The van der Waals surface area contributed by atoms with Gasteiger partial charge in [0.15, 0.2) is 0 Å². The van der Waals surface area contributed by atoms with E-state index >= 15 is 0 Å². The fourth-order valence-electron chi connectivity index (χ4n) is 3.62. The van der Waals surface area contributed by atoms with Crippen LogP contribution in [0, 0.1) is 11.8 Å². The van der Waals surface area contributed by atoms with E-state index in [0.29, 0.717) is 6.04 Å². The molecule has 0 aromatic heterocycles. The molecule has 0 aromatic rings. The van der Waals surface area contributed by atoms with Crippen LogP contribution in [0.15, 0.2) is 0 Å². The maximum atomic E-state index is 6.01. The van der Waals surface area contributed by atoms with Gasteiger partial charge in [-0.15, -0.1) is 0 Å². The van der Waals surface area contributed by atoms with Gasteiger partial charge in [-0.1, -0.05) is 26.7 Å². The second kappa shape index (κ2) is 5.50. The molecule has 1 aliphatic heterocycles. The summed E-state index contributed by atoms with van der Waals surface area (Å²) in [6, 6.07) is 1.30. The van der Waals surface area contributed by atoms with Gasteiger partial charge in [-0.25, -0.2) is 0 Å². The van der Waals surface area contributed by atoms with E-state index in [9.17, 15) is 0 Å². The Morgan fingerprint density at radius 1 is 1.25 bits per heavy atom. The van der Waals surface area contributed by atoms with E-state index in [1.165, 1.54) is 45.1 Å². The number of hydrogen-bond donors (Lipinski definition) is 1. The summed E-state index contributed by atoms with van der Waals surface area (Å²) in [5.74, 6) is 1.85. The Kier molecular flexibility index (Phi) is 4.26. The van der Waals surface area contributed by atoms with Gasteiger partial charge in [-0.3, -0.25) is 4.90 Å². The van der Waals surface area contributed by atoms with E-state index in [1.807, 2.05) is 0 Å². The summed E-state index contributed by atoms with van der Waals surface area (Å²) in [7, 11) is 0. The summed E-state index contributed by atoms with van der Waals surface area (Å²) in [6.45, 7) is 7.12. The van der Waals surface area contributed by atoms with E-state index in [2.05, 4.69) is 18.7 Å². The highest BCUT2D eigenvalue weighted by Crippen LogP contribution is 2.33. The number of likely N-dealkylation sites (tertiary alicyclic amines) is 1. The smallest absolute Gasteiger partial charge is 0.0180 e. The van der Waals surface area contributed by atoms with Crippen LogP contribution in [0.5, 0.6) is 0 Å². The average molecular weight is 224 g/mol. The van der Waals surface area contributed by atoms with Gasteiger partial charge < -0.3 is 5.73 Å². The van der Waals surface area contributed by atoms with Crippen molar-refractivity contribution < 1.29 is 0 Å². The van der Waals surface area contributed by atoms with Crippen LogP contribution in [-0.2, 0) is 0 Å². The number of nitrogens with two attached hydrogens (primary N) is 1. The Bertz CT molecular complexity index is 215. The van der Waals surface area contributed by atoms with Gasteiger partial charge in [0.1, 0.15) is 0 Å². The maximum Gasteiger partial charge on any atom is 0.0180 e. The summed E-state index contributed by atoms with van der Waals surface area (Å²) in [6.07, 6.45) is 8.40.